The highest BCUT2D eigenvalue weighted by molar-refractivity contribution is 7.98. The van der Waals surface area contributed by atoms with Gasteiger partial charge in [-0.25, -0.2) is 0 Å². The average Bonchev–Trinajstić information content (AvgIpc) is 3.78. The first-order valence-electron chi connectivity index (χ1n) is 18.3. The van der Waals surface area contributed by atoms with E-state index in [0.29, 0.717) is 31.4 Å². The lowest BCUT2D eigenvalue weighted by atomic mass is 9.98. The molecule has 0 bridgehead atoms. The zero-order valence-corrected chi connectivity index (χ0v) is 33.1. The quantitative estimate of drug-likeness (QED) is 0.0970. The summed E-state index contributed by atoms with van der Waals surface area (Å²) in [6.07, 6.45) is 5.48. The van der Waals surface area contributed by atoms with Crippen LogP contribution in [0.15, 0.2) is 30.5 Å². The molecule has 1 aliphatic rings. The first-order valence-corrected chi connectivity index (χ1v) is 19.7. The van der Waals surface area contributed by atoms with Crippen molar-refractivity contribution in [2.45, 2.75) is 115 Å². The fraction of sp³-hybridized carbons (Fsp3) is 0.595. The molecule has 16 nitrogen and oxygen atoms in total. The number of hydrogen-bond donors (Lipinski definition) is 8. The molecule has 1 aliphatic heterocycles. The first-order chi connectivity index (χ1) is 25.4. The highest BCUT2D eigenvalue weighted by Gasteiger charge is 2.41. The summed E-state index contributed by atoms with van der Waals surface area (Å²) in [6.45, 7) is 9.83. The summed E-state index contributed by atoms with van der Waals surface area (Å²) in [5.74, 6) is -3.77. The highest BCUT2D eigenvalue weighted by Crippen LogP contribution is 2.24. The number of hydrogen-bond acceptors (Lipinski definition) is 9. The number of nitrogens with two attached hydrogens (primary N) is 2. The predicted octanol–water partition coefficient (Wildman–Crippen LogP) is 0.187. The van der Waals surface area contributed by atoms with Crippen LogP contribution in [0, 0.1) is 5.92 Å². The molecule has 0 unspecified atom stereocenters. The van der Waals surface area contributed by atoms with E-state index in [1.165, 1.54) is 44.4 Å². The minimum atomic E-state index is -1.57. The van der Waals surface area contributed by atoms with Crippen LogP contribution in [0.3, 0.4) is 0 Å². The number of nitrogens with zero attached hydrogens (tertiary/aromatic N) is 1. The number of aromatic amines is 1. The summed E-state index contributed by atoms with van der Waals surface area (Å²) in [4.78, 5) is 97.3. The number of carbonyl (C=O) groups excluding carboxylic acids is 7. The molecule has 1 fully saturated rings. The fourth-order valence-corrected chi connectivity index (χ4v) is 6.67. The van der Waals surface area contributed by atoms with Gasteiger partial charge >= 0.3 is 0 Å². The number of primary amides is 1. The Bertz CT molecular complexity index is 1680. The van der Waals surface area contributed by atoms with Gasteiger partial charge in [-0.2, -0.15) is 11.8 Å². The summed E-state index contributed by atoms with van der Waals surface area (Å²) in [5.41, 5.74) is 11.3. The van der Waals surface area contributed by atoms with Crippen molar-refractivity contribution in [2.24, 2.45) is 17.4 Å². The number of likely N-dealkylation sites (tertiary alicyclic amines) is 1. The number of carbonyl (C=O) groups is 7. The van der Waals surface area contributed by atoms with Crippen molar-refractivity contribution < 1.29 is 33.6 Å². The number of amides is 7. The molecule has 0 saturated carbocycles. The van der Waals surface area contributed by atoms with Gasteiger partial charge in [0.2, 0.25) is 41.4 Å². The first kappa shape index (κ1) is 43.8. The molecule has 0 radical (unpaired) electrons. The number of thioether (sulfide) groups is 1. The van der Waals surface area contributed by atoms with Crippen LogP contribution in [0.2, 0.25) is 0 Å². The standard InChI is InChI=1S/C37H57N9O7S/c1-8-20(2)29(30(39)47)44-34(51)28-14-11-16-46(28)35(52)27(18-23-19-40-25-13-10-9-12-24(23)25)43-36(53)37(5,6)45-32(49)22(4)41-33(50)26(15-17-54-7)42-31(48)21(3)38/h9-10,12-13,19-22,26-29,40H,8,11,14-18,38H2,1-7H3,(H2,39,47)(H,41,50)(H,42,48)(H,43,53)(H,44,51)(H,45,49)/t20-,21-,22-,26-,27+,28+,29+/m0/s1. The number of para-hydroxylation sites is 1. The van der Waals surface area contributed by atoms with E-state index in [0.717, 1.165) is 16.5 Å². The molecule has 17 heteroatoms. The molecule has 1 aromatic carbocycles. The van der Waals surface area contributed by atoms with Gasteiger partial charge in [0.15, 0.2) is 0 Å². The monoisotopic (exact) mass is 771 g/mol. The van der Waals surface area contributed by atoms with Crippen molar-refractivity contribution in [1.29, 1.82) is 0 Å². The third kappa shape index (κ3) is 11.4. The second-order valence-corrected chi connectivity index (χ2v) is 15.5. The SMILES string of the molecule is CC[C@H](C)[C@@H](NC(=O)[C@H]1CCCN1C(=O)[C@@H](Cc1c[nH]c2ccccc12)NC(=O)C(C)(C)NC(=O)[C@H](C)NC(=O)[C@H](CCSC)NC(=O)[C@H](C)N)C(N)=O. The van der Waals surface area contributed by atoms with Crippen LogP contribution in [0.25, 0.3) is 10.9 Å². The van der Waals surface area contributed by atoms with Gasteiger partial charge in [0, 0.05) is 30.1 Å². The molecular formula is C37H57N9O7S. The van der Waals surface area contributed by atoms with Gasteiger partial charge < -0.3 is 47.9 Å². The second kappa shape index (κ2) is 19.6. The van der Waals surface area contributed by atoms with Crippen LogP contribution < -0.4 is 38.1 Å². The maximum Gasteiger partial charge on any atom is 0.246 e. The minimum absolute atomic E-state index is 0.0667. The van der Waals surface area contributed by atoms with Crippen molar-refractivity contribution >= 4 is 64.0 Å². The molecule has 0 aliphatic carbocycles. The zero-order valence-electron chi connectivity index (χ0n) is 32.2. The van der Waals surface area contributed by atoms with Crippen LogP contribution >= 0.6 is 11.8 Å². The number of aromatic nitrogens is 1. The number of nitrogens with one attached hydrogen (secondary N) is 6. The van der Waals surface area contributed by atoms with Crippen molar-refractivity contribution in [3.05, 3.63) is 36.0 Å². The van der Waals surface area contributed by atoms with Crippen LogP contribution in [0.4, 0.5) is 0 Å². The summed E-state index contributed by atoms with van der Waals surface area (Å²) >= 11 is 1.49. The molecule has 7 amide bonds. The van der Waals surface area contributed by atoms with Gasteiger partial charge in [0.1, 0.15) is 35.7 Å². The Labute approximate surface area is 320 Å². The number of fused-ring (bicyclic) bond motifs is 1. The van der Waals surface area contributed by atoms with Crippen molar-refractivity contribution in [3.8, 4) is 0 Å². The fourth-order valence-electron chi connectivity index (χ4n) is 6.20. The van der Waals surface area contributed by atoms with Gasteiger partial charge in [-0.1, -0.05) is 38.5 Å². The van der Waals surface area contributed by atoms with Gasteiger partial charge in [-0.3, -0.25) is 33.6 Å². The van der Waals surface area contributed by atoms with Crippen molar-refractivity contribution in [3.63, 3.8) is 0 Å². The molecule has 1 saturated heterocycles. The molecule has 298 valence electrons. The Morgan fingerprint density at radius 2 is 1.65 bits per heavy atom. The number of benzene rings is 1. The molecule has 2 aromatic rings. The van der Waals surface area contributed by atoms with Crippen LogP contribution in [0.5, 0.6) is 0 Å². The van der Waals surface area contributed by atoms with E-state index < -0.39 is 83.1 Å². The number of rotatable bonds is 19. The van der Waals surface area contributed by atoms with Crippen LogP contribution in [0.1, 0.15) is 72.8 Å². The Kier molecular flexibility index (Phi) is 15.9. The summed E-state index contributed by atoms with van der Waals surface area (Å²) < 4.78 is 0. The Morgan fingerprint density at radius 3 is 2.28 bits per heavy atom. The van der Waals surface area contributed by atoms with Crippen molar-refractivity contribution in [1.82, 2.24) is 36.5 Å². The molecule has 7 atom stereocenters. The summed E-state index contributed by atoms with van der Waals surface area (Å²) in [5, 5.41) is 14.3. The molecule has 54 heavy (non-hydrogen) atoms. The summed E-state index contributed by atoms with van der Waals surface area (Å²) in [7, 11) is 0. The highest BCUT2D eigenvalue weighted by atomic mass is 32.2. The zero-order chi connectivity index (χ0) is 40.3. The molecule has 10 N–H and O–H groups in total. The lowest BCUT2D eigenvalue weighted by Gasteiger charge is -2.33. The Morgan fingerprint density at radius 1 is 0.963 bits per heavy atom. The van der Waals surface area contributed by atoms with E-state index in [1.54, 1.807) is 6.20 Å². The molecule has 0 spiro atoms. The normalized spacial score (nSPS) is 17.7. The van der Waals surface area contributed by atoms with Crippen LogP contribution in [-0.2, 0) is 40.0 Å². The Hall–Kier alpha value is -4.64. The summed E-state index contributed by atoms with van der Waals surface area (Å²) in [6, 6.07) is 1.71. The smallest absolute Gasteiger partial charge is 0.246 e. The lowest BCUT2D eigenvalue weighted by molar-refractivity contribution is -0.143. The van der Waals surface area contributed by atoms with Crippen molar-refractivity contribution in [2.75, 3.05) is 18.6 Å². The van der Waals surface area contributed by atoms with E-state index in [-0.39, 0.29) is 18.9 Å². The van der Waals surface area contributed by atoms with E-state index in [9.17, 15) is 33.6 Å². The molecule has 2 heterocycles. The topological polar surface area (TPSA) is 251 Å². The second-order valence-electron chi connectivity index (χ2n) is 14.5. The van der Waals surface area contributed by atoms with Gasteiger partial charge in [0.25, 0.3) is 0 Å². The Balaban J connectivity index is 1.81. The maximum absolute atomic E-state index is 14.4. The van der Waals surface area contributed by atoms with E-state index in [4.69, 9.17) is 11.5 Å². The molecule has 3 rings (SSSR count). The number of H-pyrrole nitrogens is 1. The third-order valence-electron chi connectivity index (χ3n) is 9.77. The largest absolute Gasteiger partial charge is 0.368 e. The van der Waals surface area contributed by atoms with Crippen LogP contribution in [-0.4, -0.2) is 112 Å². The maximum atomic E-state index is 14.4. The third-order valence-corrected chi connectivity index (χ3v) is 10.4. The van der Waals surface area contributed by atoms with Gasteiger partial charge in [-0.05, 0) is 76.5 Å². The van der Waals surface area contributed by atoms with Gasteiger partial charge in [0.05, 0.1) is 6.04 Å². The van der Waals surface area contributed by atoms with E-state index in [2.05, 4.69) is 31.6 Å². The minimum Gasteiger partial charge on any atom is -0.368 e. The lowest BCUT2D eigenvalue weighted by Crippen LogP contribution is -2.63. The molecule has 1 aromatic heterocycles. The average molecular weight is 772 g/mol. The van der Waals surface area contributed by atoms with E-state index in [1.807, 2.05) is 44.4 Å². The predicted molar refractivity (Wildman–Crippen MR) is 208 cm³/mol. The van der Waals surface area contributed by atoms with E-state index >= 15 is 0 Å². The van der Waals surface area contributed by atoms with Gasteiger partial charge in [-0.15, -0.1) is 0 Å². The molecular weight excluding hydrogens is 715 g/mol.